The summed E-state index contributed by atoms with van der Waals surface area (Å²) in [5, 5.41) is 6.32. The molecule has 27 heavy (non-hydrogen) atoms. The third-order valence-corrected chi connectivity index (χ3v) is 4.18. The maximum Gasteiger partial charge on any atom is 0.220 e. The Morgan fingerprint density at radius 3 is 2.44 bits per heavy atom. The first kappa shape index (κ1) is 20.9. The van der Waals surface area contributed by atoms with Gasteiger partial charge in [-0.1, -0.05) is 30.3 Å². The molecular formula is C22H29FN2O2. The van der Waals surface area contributed by atoms with Gasteiger partial charge in [-0.15, -0.1) is 0 Å². The van der Waals surface area contributed by atoms with Crippen LogP contribution in [-0.2, 0) is 17.9 Å². The van der Waals surface area contributed by atoms with Crippen molar-refractivity contribution in [2.45, 2.75) is 58.8 Å². The summed E-state index contributed by atoms with van der Waals surface area (Å²) >= 11 is 0. The molecule has 2 N–H and O–H groups in total. The molecule has 0 spiro atoms. The van der Waals surface area contributed by atoms with Gasteiger partial charge in [0, 0.05) is 31.1 Å². The molecule has 5 heteroatoms. The number of hydrogen-bond acceptors (Lipinski definition) is 3. The zero-order valence-electron chi connectivity index (χ0n) is 16.3. The minimum Gasteiger partial charge on any atom is -0.491 e. The molecule has 0 fully saturated rings. The molecule has 4 nitrogen and oxygen atoms in total. The van der Waals surface area contributed by atoms with Crippen molar-refractivity contribution in [2.75, 3.05) is 0 Å². The van der Waals surface area contributed by atoms with Crippen LogP contribution in [0.3, 0.4) is 0 Å². The van der Waals surface area contributed by atoms with E-state index in [0.717, 1.165) is 23.3 Å². The molecule has 0 aliphatic heterocycles. The normalized spacial score (nSPS) is 12.0. The van der Waals surface area contributed by atoms with Gasteiger partial charge in [-0.2, -0.15) is 0 Å². The van der Waals surface area contributed by atoms with Crippen molar-refractivity contribution >= 4 is 5.91 Å². The predicted molar refractivity (Wildman–Crippen MR) is 106 cm³/mol. The average Bonchev–Trinajstić information content (AvgIpc) is 2.64. The van der Waals surface area contributed by atoms with E-state index in [1.54, 1.807) is 12.1 Å². The molecule has 0 radical (unpaired) electrons. The summed E-state index contributed by atoms with van der Waals surface area (Å²) in [7, 11) is 0. The van der Waals surface area contributed by atoms with Gasteiger partial charge < -0.3 is 15.4 Å². The van der Waals surface area contributed by atoms with Gasteiger partial charge in [-0.05, 0) is 51.0 Å². The summed E-state index contributed by atoms with van der Waals surface area (Å²) in [5.41, 5.74) is 2.00. The van der Waals surface area contributed by atoms with E-state index in [2.05, 4.69) is 10.6 Å². The van der Waals surface area contributed by atoms with E-state index in [9.17, 15) is 9.18 Å². The third kappa shape index (κ3) is 7.79. The summed E-state index contributed by atoms with van der Waals surface area (Å²) in [6.07, 6.45) is 1.27. The van der Waals surface area contributed by atoms with Crippen LogP contribution in [0.4, 0.5) is 4.39 Å². The van der Waals surface area contributed by atoms with Crippen molar-refractivity contribution in [1.82, 2.24) is 10.6 Å². The number of benzene rings is 2. The highest BCUT2D eigenvalue weighted by molar-refractivity contribution is 5.75. The first-order valence-electron chi connectivity index (χ1n) is 9.43. The Morgan fingerprint density at radius 2 is 1.74 bits per heavy atom. The lowest BCUT2D eigenvalue weighted by Gasteiger charge is -2.16. The maximum atomic E-state index is 12.9. The number of nitrogens with one attached hydrogen (secondary N) is 2. The molecule has 146 valence electrons. The summed E-state index contributed by atoms with van der Waals surface area (Å²) < 4.78 is 18.7. The molecule has 0 saturated carbocycles. The molecular weight excluding hydrogens is 343 g/mol. The van der Waals surface area contributed by atoms with Crippen LogP contribution in [0.2, 0.25) is 0 Å². The molecule has 0 aromatic heterocycles. The highest BCUT2D eigenvalue weighted by Gasteiger charge is 2.09. The van der Waals surface area contributed by atoms with Gasteiger partial charge >= 0.3 is 0 Å². The van der Waals surface area contributed by atoms with Gasteiger partial charge in [0.05, 0.1) is 6.10 Å². The molecule has 1 unspecified atom stereocenters. The van der Waals surface area contributed by atoms with E-state index in [1.807, 2.05) is 45.0 Å². The topological polar surface area (TPSA) is 50.4 Å². The Kier molecular flexibility index (Phi) is 8.27. The van der Waals surface area contributed by atoms with Crippen molar-refractivity contribution < 1.29 is 13.9 Å². The molecule has 0 aliphatic rings. The monoisotopic (exact) mass is 372 g/mol. The van der Waals surface area contributed by atoms with E-state index in [-0.39, 0.29) is 23.9 Å². The number of rotatable bonds is 10. The molecule has 0 bridgehead atoms. The van der Waals surface area contributed by atoms with Crippen LogP contribution in [0.25, 0.3) is 0 Å². The first-order chi connectivity index (χ1) is 12.9. The molecule has 0 aliphatic carbocycles. The first-order valence-corrected chi connectivity index (χ1v) is 9.43. The van der Waals surface area contributed by atoms with Gasteiger partial charge in [0.25, 0.3) is 0 Å². The maximum absolute atomic E-state index is 12.9. The molecule has 0 saturated heterocycles. The van der Waals surface area contributed by atoms with Crippen LogP contribution >= 0.6 is 0 Å². The van der Waals surface area contributed by atoms with E-state index in [4.69, 9.17) is 4.74 Å². The number of carbonyl (C=O) groups excluding carboxylic acids is 1. The van der Waals surface area contributed by atoms with Crippen LogP contribution in [0, 0.1) is 5.82 Å². The fraction of sp³-hybridized carbons (Fsp3) is 0.409. The van der Waals surface area contributed by atoms with Crippen molar-refractivity contribution in [1.29, 1.82) is 0 Å². The Hall–Kier alpha value is -2.40. The largest absolute Gasteiger partial charge is 0.491 e. The minimum absolute atomic E-state index is 0.0183. The zero-order chi connectivity index (χ0) is 19.6. The Labute approximate surface area is 161 Å². The second-order valence-corrected chi connectivity index (χ2v) is 7.00. The molecule has 1 amide bonds. The standard InChI is InChI=1S/C22H29FN2O2/c1-16(2)27-21-7-5-4-6-19(21)15-25-22(26)13-8-17(3)24-14-18-9-11-20(23)12-10-18/h4-7,9-12,16-17,24H,8,13-15H2,1-3H3,(H,25,26). The van der Waals surface area contributed by atoms with Gasteiger partial charge in [0.15, 0.2) is 0 Å². The molecule has 2 aromatic rings. The predicted octanol–water partition coefficient (Wildman–Crippen LogP) is 4.19. The van der Waals surface area contributed by atoms with Crippen LogP contribution < -0.4 is 15.4 Å². The number of hydrogen-bond donors (Lipinski definition) is 2. The fourth-order valence-corrected chi connectivity index (χ4v) is 2.64. The molecule has 2 rings (SSSR count). The second kappa shape index (κ2) is 10.7. The van der Waals surface area contributed by atoms with Gasteiger partial charge in [0.1, 0.15) is 11.6 Å². The number of amides is 1. The van der Waals surface area contributed by atoms with Gasteiger partial charge in [-0.3, -0.25) is 4.79 Å². The minimum atomic E-state index is -0.233. The number of carbonyl (C=O) groups is 1. The zero-order valence-corrected chi connectivity index (χ0v) is 16.3. The van der Waals surface area contributed by atoms with Crippen molar-refractivity contribution in [2.24, 2.45) is 0 Å². The SMILES string of the molecule is CC(CCC(=O)NCc1ccccc1OC(C)C)NCc1ccc(F)cc1. The Balaban J connectivity index is 1.70. The van der Waals surface area contributed by atoms with E-state index in [0.29, 0.717) is 19.5 Å². The van der Waals surface area contributed by atoms with Crippen molar-refractivity contribution in [3.63, 3.8) is 0 Å². The van der Waals surface area contributed by atoms with E-state index in [1.165, 1.54) is 12.1 Å². The smallest absolute Gasteiger partial charge is 0.220 e. The number of para-hydroxylation sites is 1. The fourth-order valence-electron chi connectivity index (χ4n) is 2.64. The highest BCUT2D eigenvalue weighted by atomic mass is 19.1. The van der Waals surface area contributed by atoms with Gasteiger partial charge in [0.2, 0.25) is 5.91 Å². The van der Waals surface area contributed by atoms with Gasteiger partial charge in [-0.25, -0.2) is 4.39 Å². The second-order valence-electron chi connectivity index (χ2n) is 7.00. The highest BCUT2D eigenvalue weighted by Crippen LogP contribution is 2.19. The molecule has 0 heterocycles. The summed E-state index contributed by atoms with van der Waals surface area (Å²) in [4.78, 5) is 12.1. The van der Waals surface area contributed by atoms with E-state index < -0.39 is 0 Å². The number of halogens is 1. The lowest BCUT2D eigenvalue weighted by atomic mass is 10.1. The Morgan fingerprint density at radius 1 is 1.04 bits per heavy atom. The molecule has 1 atom stereocenters. The summed E-state index contributed by atoms with van der Waals surface area (Å²) in [5.74, 6) is 0.593. The third-order valence-electron chi connectivity index (χ3n) is 4.18. The van der Waals surface area contributed by atoms with Crippen LogP contribution in [0.15, 0.2) is 48.5 Å². The molecule has 2 aromatic carbocycles. The lowest BCUT2D eigenvalue weighted by molar-refractivity contribution is -0.121. The number of ether oxygens (including phenoxy) is 1. The quantitative estimate of drug-likeness (QED) is 0.658. The Bertz CT molecular complexity index is 717. The average molecular weight is 372 g/mol. The van der Waals surface area contributed by atoms with E-state index >= 15 is 0 Å². The van der Waals surface area contributed by atoms with Crippen LogP contribution in [-0.4, -0.2) is 18.1 Å². The van der Waals surface area contributed by atoms with Crippen molar-refractivity contribution in [3.05, 3.63) is 65.5 Å². The summed E-state index contributed by atoms with van der Waals surface area (Å²) in [6.45, 7) is 7.12. The van der Waals surface area contributed by atoms with Crippen LogP contribution in [0.1, 0.15) is 44.7 Å². The summed E-state index contributed by atoms with van der Waals surface area (Å²) in [6, 6.07) is 14.4. The lowest BCUT2D eigenvalue weighted by Crippen LogP contribution is -2.29. The van der Waals surface area contributed by atoms with Crippen molar-refractivity contribution in [3.8, 4) is 5.75 Å². The van der Waals surface area contributed by atoms with Crippen LogP contribution in [0.5, 0.6) is 5.75 Å².